The van der Waals surface area contributed by atoms with Crippen molar-refractivity contribution in [1.29, 1.82) is 0 Å². The van der Waals surface area contributed by atoms with Crippen LogP contribution in [0.5, 0.6) is 0 Å². The van der Waals surface area contributed by atoms with E-state index in [0.717, 1.165) is 13.1 Å². The molecule has 0 bridgehead atoms. The van der Waals surface area contributed by atoms with Crippen molar-refractivity contribution in [2.45, 2.75) is 39.2 Å². The molecule has 2 rings (SSSR count). The Morgan fingerprint density at radius 3 is 2.71 bits per heavy atom. The van der Waals surface area contributed by atoms with Gasteiger partial charge in [0.2, 0.25) is 0 Å². The van der Waals surface area contributed by atoms with Crippen LogP contribution in [0.1, 0.15) is 38.2 Å². The van der Waals surface area contributed by atoms with Crippen molar-refractivity contribution in [3.63, 3.8) is 0 Å². The summed E-state index contributed by atoms with van der Waals surface area (Å²) in [5.41, 5.74) is 2.91. The van der Waals surface area contributed by atoms with Crippen LogP contribution in [0.15, 0.2) is 40.5 Å². The van der Waals surface area contributed by atoms with Gasteiger partial charge in [0.05, 0.1) is 0 Å². The van der Waals surface area contributed by atoms with Crippen LogP contribution in [-0.2, 0) is 6.54 Å². The molecule has 1 aromatic carbocycles. The minimum absolute atomic E-state index is 1.02. The van der Waals surface area contributed by atoms with Gasteiger partial charge < -0.3 is 4.90 Å². The normalized spacial score (nSPS) is 15.5. The summed E-state index contributed by atoms with van der Waals surface area (Å²) >= 11 is 3.63. The zero-order chi connectivity index (χ0) is 12.1. The molecule has 1 aliphatic rings. The van der Waals surface area contributed by atoms with Crippen LogP contribution in [-0.4, -0.2) is 11.4 Å². The molecule has 1 aliphatic carbocycles. The van der Waals surface area contributed by atoms with Gasteiger partial charge in [0.25, 0.3) is 0 Å². The Bertz CT molecular complexity index is 398. The van der Waals surface area contributed by atoms with E-state index in [1.165, 1.54) is 41.4 Å². The van der Waals surface area contributed by atoms with E-state index in [1.807, 2.05) is 0 Å². The van der Waals surface area contributed by atoms with Crippen LogP contribution in [0.4, 0.5) is 0 Å². The molecule has 0 unspecified atom stereocenters. The summed E-state index contributed by atoms with van der Waals surface area (Å²) in [4.78, 5) is 2.50. The Labute approximate surface area is 113 Å². The predicted molar refractivity (Wildman–Crippen MR) is 76.8 cm³/mol. The fraction of sp³-hybridized carbons (Fsp3) is 0.467. The highest BCUT2D eigenvalue weighted by atomic mass is 79.9. The SMILES string of the molecule is CCN(Cc1ccccc1Br)C1=CCCCC1. The molecule has 17 heavy (non-hydrogen) atoms. The van der Waals surface area contributed by atoms with Gasteiger partial charge in [-0.2, -0.15) is 0 Å². The summed E-state index contributed by atoms with van der Waals surface area (Å²) in [5.74, 6) is 0. The molecule has 0 heterocycles. The van der Waals surface area contributed by atoms with Gasteiger partial charge in [0.1, 0.15) is 0 Å². The van der Waals surface area contributed by atoms with Gasteiger partial charge in [-0.25, -0.2) is 0 Å². The predicted octanol–water partition coefficient (Wildman–Crippen LogP) is 4.73. The van der Waals surface area contributed by atoms with E-state index >= 15 is 0 Å². The summed E-state index contributed by atoms with van der Waals surface area (Å²) in [5, 5.41) is 0. The van der Waals surface area contributed by atoms with Crippen molar-refractivity contribution in [3.8, 4) is 0 Å². The van der Waals surface area contributed by atoms with Gasteiger partial charge in [-0.05, 0) is 44.2 Å². The monoisotopic (exact) mass is 293 g/mol. The molecular weight excluding hydrogens is 274 g/mol. The van der Waals surface area contributed by atoms with Crippen LogP contribution in [0.3, 0.4) is 0 Å². The molecule has 0 saturated carbocycles. The van der Waals surface area contributed by atoms with Crippen LogP contribution >= 0.6 is 15.9 Å². The van der Waals surface area contributed by atoms with Gasteiger partial charge in [0, 0.05) is 23.3 Å². The number of benzene rings is 1. The molecule has 0 amide bonds. The second-order valence-electron chi connectivity index (χ2n) is 4.55. The first-order chi connectivity index (χ1) is 8.31. The first kappa shape index (κ1) is 12.7. The second-order valence-corrected chi connectivity index (χ2v) is 5.40. The average molecular weight is 294 g/mol. The smallest absolute Gasteiger partial charge is 0.0437 e. The fourth-order valence-corrected chi connectivity index (χ4v) is 2.77. The van der Waals surface area contributed by atoms with E-state index in [4.69, 9.17) is 0 Å². The summed E-state index contributed by atoms with van der Waals surface area (Å²) in [6.45, 7) is 4.35. The van der Waals surface area contributed by atoms with Gasteiger partial charge in [0.15, 0.2) is 0 Å². The maximum Gasteiger partial charge on any atom is 0.0437 e. The first-order valence-electron chi connectivity index (χ1n) is 6.48. The summed E-state index contributed by atoms with van der Waals surface area (Å²) in [6, 6.07) is 8.52. The minimum Gasteiger partial charge on any atom is -0.371 e. The topological polar surface area (TPSA) is 3.24 Å². The molecule has 0 aliphatic heterocycles. The Kier molecular flexibility index (Phi) is 4.66. The van der Waals surface area contributed by atoms with E-state index in [9.17, 15) is 0 Å². The quantitative estimate of drug-likeness (QED) is 0.776. The van der Waals surface area contributed by atoms with Gasteiger partial charge in [-0.3, -0.25) is 0 Å². The molecule has 0 fully saturated rings. The van der Waals surface area contributed by atoms with Gasteiger partial charge in [-0.1, -0.05) is 40.2 Å². The third-order valence-corrected chi connectivity index (χ3v) is 4.15. The highest BCUT2D eigenvalue weighted by Gasteiger charge is 2.12. The van der Waals surface area contributed by atoms with E-state index in [-0.39, 0.29) is 0 Å². The number of hydrogen-bond donors (Lipinski definition) is 0. The van der Waals surface area contributed by atoms with E-state index < -0.39 is 0 Å². The lowest BCUT2D eigenvalue weighted by molar-refractivity contribution is 0.330. The molecular formula is C15H20BrN. The van der Waals surface area contributed by atoms with Crippen LogP contribution in [0, 0.1) is 0 Å². The second kappa shape index (κ2) is 6.25. The van der Waals surface area contributed by atoms with Crippen molar-refractivity contribution in [1.82, 2.24) is 4.90 Å². The fourth-order valence-electron chi connectivity index (χ4n) is 2.36. The maximum absolute atomic E-state index is 3.63. The molecule has 0 saturated heterocycles. The number of nitrogens with zero attached hydrogens (tertiary/aromatic N) is 1. The number of halogens is 1. The van der Waals surface area contributed by atoms with Crippen molar-refractivity contribution >= 4 is 15.9 Å². The number of hydrogen-bond acceptors (Lipinski definition) is 1. The van der Waals surface area contributed by atoms with Crippen molar-refractivity contribution in [2.24, 2.45) is 0 Å². The van der Waals surface area contributed by atoms with Crippen LogP contribution in [0.2, 0.25) is 0 Å². The first-order valence-corrected chi connectivity index (χ1v) is 7.28. The highest BCUT2D eigenvalue weighted by molar-refractivity contribution is 9.10. The summed E-state index contributed by atoms with van der Waals surface area (Å²) in [7, 11) is 0. The zero-order valence-corrected chi connectivity index (χ0v) is 12.0. The molecule has 1 aromatic rings. The zero-order valence-electron chi connectivity index (χ0n) is 10.5. The van der Waals surface area contributed by atoms with Crippen molar-refractivity contribution in [3.05, 3.63) is 46.1 Å². The lowest BCUT2D eigenvalue weighted by Crippen LogP contribution is -2.23. The largest absolute Gasteiger partial charge is 0.371 e. The van der Waals surface area contributed by atoms with Crippen molar-refractivity contribution < 1.29 is 0 Å². The number of allylic oxidation sites excluding steroid dienone is 2. The van der Waals surface area contributed by atoms with E-state index in [1.54, 1.807) is 0 Å². The average Bonchev–Trinajstić information content (AvgIpc) is 2.39. The van der Waals surface area contributed by atoms with E-state index in [2.05, 4.69) is 58.1 Å². The Morgan fingerprint density at radius 1 is 1.24 bits per heavy atom. The van der Waals surface area contributed by atoms with Gasteiger partial charge in [-0.15, -0.1) is 0 Å². The third kappa shape index (κ3) is 3.35. The van der Waals surface area contributed by atoms with E-state index in [0.29, 0.717) is 0 Å². The van der Waals surface area contributed by atoms with Crippen LogP contribution in [0.25, 0.3) is 0 Å². The lowest BCUT2D eigenvalue weighted by Gasteiger charge is -2.28. The number of rotatable bonds is 4. The standard InChI is InChI=1S/C15H20BrN/c1-2-17(14-9-4-3-5-10-14)12-13-8-6-7-11-15(13)16/h6-9,11H,2-5,10,12H2,1H3. The Morgan fingerprint density at radius 2 is 2.06 bits per heavy atom. The molecule has 92 valence electrons. The Balaban J connectivity index is 2.09. The molecule has 0 N–H and O–H groups in total. The Hall–Kier alpha value is -0.760. The molecule has 0 radical (unpaired) electrons. The molecule has 0 spiro atoms. The molecule has 0 atom stereocenters. The molecule has 1 nitrogen and oxygen atoms in total. The molecule has 2 heteroatoms. The van der Waals surface area contributed by atoms with Crippen molar-refractivity contribution in [2.75, 3.05) is 6.54 Å². The minimum atomic E-state index is 1.02. The lowest BCUT2D eigenvalue weighted by atomic mass is 10.0. The highest BCUT2D eigenvalue weighted by Crippen LogP contribution is 2.24. The summed E-state index contributed by atoms with van der Waals surface area (Å²) < 4.78 is 1.22. The summed E-state index contributed by atoms with van der Waals surface area (Å²) in [6.07, 6.45) is 7.62. The molecule has 0 aromatic heterocycles. The third-order valence-electron chi connectivity index (χ3n) is 3.37. The van der Waals surface area contributed by atoms with Crippen LogP contribution < -0.4 is 0 Å². The van der Waals surface area contributed by atoms with Gasteiger partial charge >= 0.3 is 0 Å². The maximum atomic E-state index is 3.63.